The zero-order valence-electron chi connectivity index (χ0n) is 26.5. The molecule has 2 saturated heterocycles. The zero-order chi connectivity index (χ0) is 31.5. The van der Waals surface area contributed by atoms with Gasteiger partial charge in [-0.25, -0.2) is 4.79 Å². The maximum Gasteiger partial charge on any atom is 0.410 e. The van der Waals surface area contributed by atoms with Crippen LogP contribution in [-0.4, -0.2) is 100 Å². The van der Waals surface area contributed by atoms with Crippen LogP contribution in [-0.2, 0) is 4.74 Å². The van der Waals surface area contributed by atoms with E-state index in [1.807, 2.05) is 39.1 Å². The number of rotatable bonds is 6. The van der Waals surface area contributed by atoms with Crippen molar-refractivity contribution in [3.8, 4) is 22.9 Å². The lowest BCUT2D eigenvalue weighted by Crippen LogP contribution is -2.50. The monoisotopic (exact) mass is 633 g/mol. The zero-order valence-corrected chi connectivity index (χ0v) is 27.3. The Kier molecular flexibility index (Phi) is 7.64. The smallest absolute Gasteiger partial charge is 0.410 e. The summed E-state index contributed by atoms with van der Waals surface area (Å²) < 4.78 is 18.8. The Morgan fingerprint density at radius 3 is 2.44 bits per heavy atom. The van der Waals surface area contributed by atoms with Gasteiger partial charge in [0.2, 0.25) is 0 Å². The highest BCUT2D eigenvalue weighted by molar-refractivity contribution is 6.35. The van der Waals surface area contributed by atoms with E-state index in [1.54, 1.807) is 4.90 Å². The molecule has 1 N–H and O–H groups in total. The summed E-state index contributed by atoms with van der Waals surface area (Å²) in [7, 11) is 2.09. The van der Waals surface area contributed by atoms with Crippen molar-refractivity contribution in [3.05, 3.63) is 35.0 Å². The fraction of sp³-hybridized carbons (Fsp3) is 0.515. The van der Waals surface area contributed by atoms with Crippen molar-refractivity contribution in [1.82, 2.24) is 30.0 Å². The summed E-state index contributed by atoms with van der Waals surface area (Å²) in [5.74, 6) is 1.36. The molecule has 0 radical (unpaired) electrons. The summed E-state index contributed by atoms with van der Waals surface area (Å²) in [5.41, 5.74) is 3.86. The summed E-state index contributed by atoms with van der Waals surface area (Å²) in [5, 5.41) is 9.71. The van der Waals surface area contributed by atoms with Gasteiger partial charge in [0.05, 0.1) is 22.8 Å². The van der Waals surface area contributed by atoms with E-state index in [4.69, 9.17) is 35.8 Å². The van der Waals surface area contributed by atoms with Crippen LogP contribution in [0.5, 0.6) is 11.8 Å². The van der Waals surface area contributed by atoms with Crippen LogP contribution >= 0.6 is 11.6 Å². The predicted molar refractivity (Wildman–Crippen MR) is 175 cm³/mol. The molecule has 4 heterocycles. The number of fused-ring (bicyclic) bond motifs is 2. The molecule has 1 atom stereocenters. The number of amides is 1. The third-order valence-electron chi connectivity index (χ3n) is 8.60. The van der Waals surface area contributed by atoms with Gasteiger partial charge in [-0.2, -0.15) is 15.1 Å². The maximum absolute atomic E-state index is 12.8. The Balaban J connectivity index is 1.35. The number of aromatic nitrogens is 4. The van der Waals surface area contributed by atoms with Crippen LogP contribution < -0.4 is 14.4 Å². The summed E-state index contributed by atoms with van der Waals surface area (Å²) in [6, 6.07) is 6.36. The third-order valence-corrected chi connectivity index (χ3v) is 8.90. The molecule has 7 rings (SSSR count). The topological polar surface area (TPSA) is 109 Å². The summed E-state index contributed by atoms with van der Waals surface area (Å²) >= 11 is 7.23. The molecule has 0 bridgehead atoms. The second kappa shape index (κ2) is 11.5. The molecular formula is C33H40ClN7O4. The van der Waals surface area contributed by atoms with Crippen molar-refractivity contribution in [3.63, 3.8) is 0 Å². The van der Waals surface area contributed by atoms with E-state index in [9.17, 15) is 4.79 Å². The first-order valence-electron chi connectivity index (χ1n) is 15.8. The highest BCUT2D eigenvalue weighted by Crippen LogP contribution is 2.48. The normalized spacial score (nSPS) is 19.5. The van der Waals surface area contributed by atoms with Crippen LogP contribution in [0.15, 0.2) is 24.4 Å². The van der Waals surface area contributed by atoms with Gasteiger partial charge in [-0.15, -0.1) is 0 Å². The number of H-pyrrole nitrogens is 1. The number of aryl methyl sites for hydroxylation is 1. The first kappa shape index (κ1) is 29.9. The maximum atomic E-state index is 12.8. The Morgan fingerprint density at radius 2 is 1.76 bits per heavy atom. The number of hydrogen-bond donors (Lipinski definition) is 1. The Bertz CT molecular complexity index is 1760. The molecule has 0 spiro atoms. The number of nitrogens with zero attached hydrogens (tertiary/aromatic N) is 6. The molecular weight excluding hydrogens is 594 g/mol. The van der Waals surface area contributed by atoms with E-state index in [0.29, 0.717) is 48.5 Å². The molecule has 3 fully saturated rings. The average molecular weight is 634 g/mol. The molecule has 1 saturated carbocycles. The van der Waals surface area contributed by atoms with Crippen LogP contribution in [0.3, 0.4) is 0 Å². The van der Waals surface area contributed by atoms with E-state index in [0.717, 1.165) is 71.1 Å². The number of carbonyl (C=O) groups is 1. The lowest BCUT2D eigenvalue weighted by molar-refractivity contribution is 0.0240. The molecule has 45 heavy (non-hydrogen) atoms. The average Bonchev–Trinajstić information content (AvgIpc) is 3.51. The molecule has 1 aliphatic carbocycles. The molecule has 11 nitrogen and oxygen atoms in total. The van der Waals surface area contributed by atoms with E-state index in [-0.39, 0.29) is 18.3 Å². The van der Waals surface area contributed by atoms with Crippen LogP contribution in [0.25, 0.3) is 32.9 Å². The van der Waals surface area contributed by atoms with Gasteiger partial charge in [0.25, 0.3) is 0 Å². The summed E-state index contributed by atoms with van der Waals surface area (Å²) in [4.78, 5) is 29.0. The molecule has 3 aliphatic rings. The van der Waals surface area contributed by atoms with E-state index < -0.39 is 5.60 Å². The molecule has 1 amide bonds. The number of likely N-dealkylation sites (tertiary alicyclic amines) is 1. The number of benzene rings is 2. The van der Waals surface area contributed by atoms with Crippen molar-refractivity contribution >= 4 is 45.3 Å². The van der Waals surface area contributed by atoms with Crippen molar-refractivity contribution < 1.29 is 19.0 Å². The highest BCUT2D eigenvalue weighted by Gasteiger charge is 2.33. The minimum absolute atomic E-state index is 0.00851. The van der Waals surface area contributed by atoms with Gasteiger partial charge in [0.15, 0.2) is 5.75 Å². The molecule has 238 valence electrons. The number of likely N-dealkylation sites (N-methyl/N-ethyl adjacent to an activating group) is 1. The second-order valence-corrected chi connectivity index (χ2v) is 13.8. The van der Waals surface area contributed by atoms with Crippen LogP contribution in [0.4, 0.5) is 10.6 Å². The summed E-state index contributed by atoms with van der Waals surface area (Å²) in [6.07, 6.45) is 4.47. The molecule has 0 unspecified atom stereocenters. The second-order valence-electron chi connectivity index (χ2n) is 13.4. The van der Waals surface area contributed by atoms with Crippen molar-refractivity contribution in [1.29, 1.82) is 0 Å². The van der Waals surface area contributed by atoms with E-state index in [2.05, 4.69) is 40.0 Å². The number of hydrogen-bond acceptors (Lipinski definition) is 9. The van der Waals surface area contributed by atoms with Gasteiger partial charge in [-0.3, -0.25) is 5.10 Å². The SMILES string of the molecule is Cc1ccc2[nH]ncc2c1-c1c(Cl)cc2c(N3CCN(C(=O)OC(C)(C)C)CC3)nc(O[C@H]3CCN(C)C3)nc2c1OC1CC1. The number of carbonyl (C=O) groups excluding carboxylic acids is 1. The van der Waals surface area contributed by atoms with Gasteiger partial charge >= 0.3 is 12.1 Å². The molecule has 12 heteroatoms. The Morgan fingerprint density at radius 1 is 0.978 bits per heavy atom. The molecule has 2 aromatic heterocycles. The number of nitrogens with one attached hydrogen (secondary N) is 1. The van der Waals surface area contributed by atoms with Crippen molar-refractivity contribution in [2.75, 3.05) is 51.2 Å². The van der Waals surface area contributed by atoms with E-state index >= 15 is 0 Å². The van der Waals surface area contributed by atoms with Crippen LogP contribution in [0.1, 0.15) is 45.6 Å². The lowest BCUT2D eigenvalue weighted by atomic mass is 9.94. The number of halogens is 1. The van der Waals surface area contributed by atoms with E-state index in [1.165, 1.54) is 0 Å². The van der Waals surface area contributed by atoms with Gasteiger partial charge in [0.1, 0.15) is 23.0 Å². The fourth-order valence-electron chi connectivity index (χ4n) is 6.19. The van der Waals surface area contributed by atoms with Crippen molar-refractivity contribution in [2.45, 2.75) is 64.8 Å². The Labute approximate surface area is 267 Å². The molecule has 4 aromatic rings. The lowest BCUT2D eigenvalue weighted by Gasteiger charge is -2.36. The minimum Gasteiger partial charge on any atom is -0.487 e. The number of anilines is 1. The fourth-order valence-corrected chi connectivity index (χ4v) is 6.48. The van der Waals surface area contributed by atoms with Crippen molar-refractivity contribution in [2.24, 2.45) is 0 Å². The van der Waals surface area contributed by atoms with Crippen LogP contribution in [0, 0.1) is 6.92 Å². The molecule has 2 aliphatic heterocycles. The largest absolute Gasteiger partial charge is 0.487 e. The minimum atomic E-state index is -0.552. The number of piperazine rings is 1. The number of aromatic amines is 1. The van der Waals surface area contributed by atoms with Gasteiger partial charge in [0, 0.05) is 61.2 Å². The quantitative estimate of drug-likeness (QED) is 0.281. The third kappa shape index (κ3) is 6.07. The highest BCUT2D eigenvalue weighted by atomic mass is 35.5. The first-order valence-corrected chi connectivity index (χ1v) is 16.1. The predicted octanol–water partition coefficient (Wildman–Crippen LogP) is 5.82. The first-order chi connectivity index (χ1) is 21.5. The number of ether oxygens (including phenoxy) is 3. The standard InChI is InChI=1S/C33H40ClN7O4/c1-19-6-9-25-23(17-35-38-25)26(19)27-24(34)16-22-28(29(27)43-20-7-8-20)36-31(44-21-10-11-39(5)18-21)37-30(22)40-12-14-41(15-13-40)32(42)45-33(2,3)4/h6,9,16-17,20-21H,7-8,10-15,18H2,1-5H3,(H,35,38)/t21-/m0/s1. The molecule has 2 aromatic carbocycles. The Hall–Kier alpha value is -3.83. The van der Waals surface area contributed by atoms with Crippen LogP contribution in [0.2, 0.25) is 5.02 Å². The van der Waals surface area contributed by atoms with Gasteiger partial charge in [-0.05, 0) is 71.7 Å². The summed E-state index contributed by atoms with van der Waals surface area (Å²) in [6.45, 7) is 11.6. The van der Waals surface area contributed by atoms with Gasteiger partial charge in [-0.1, -0.05) is 17.7 Å². The van der Waals surface area contributed by atoms with Gasteiger partial charge < -0.3 is 28.9 Å².